The second-order valence-corrected chi connectivity index (χ2v) is 3.76. The predicted molar refractivity (Wildman–Crippen MR) is 48.2 cm³/mol. The summed E-state index contributed by atoms with van der Waals surface area (Å²) in [5.41, 5.74) is 0. The van der Waals surface area contributed by atoms with Crippen molar-refractivity contribution >= 4 is 34.7 Å². The monoisotopic (exact) mass is 271 g/mol. The molecule has 1 unspecified atom stereocenters. The summed E-state index contributed by atoms with van der Waals surface area (Å²) in [5, 5.41) is 8.34. The lowest BCUT2D eigenvalue weighted by Crippen LogP contribution is -2.25. The van der Waals surface area contributed by atoms with E-state index >= 15 is 0 Å². The summed E-state index contributed by atoms with van der Waals surface area (Å²) in [7, 11) is 1.60. The van der Waals surface area contributed by atoms with Crippen LogP contribution in [0.2, 0.25) is 0 Å². The molecule has 0 fully saturated rings. The number of aliphatic carboxylic acids is 1. The van der Waals surface area contributed by atoms with Crippen LogP contribution in [0.15, 0.2) is 0 Å². The zero-order valence-electron chi connectivity index (χ0n) is 6.37. The van der Waals surface area contributed by atoms with Crippen LogP contribution in [-0.2, 0) is 9.59 Å². The lowest BCUT2D eigenvalue weighted by Gasteiger charge is -2.12. The average Bonchev–Trinajstić information content (AvgIpc) is 1.84. The first-order valence-corrected chi connectivity index (χ1v) is 4.06. The SMILES string of the molecule is CC(CC(=O)O)C(=O)N(C)I. The lowest BCUT2D eigenvalue weighted by atomic mass is 10.1. The Hall–Kier alpha value is -0.330. The third kappa shape index (κ3) is 4.18. The number of carbonyl (C=O) groups is 2. The molecule has 0 radical (unpaired) electrons. The van der Waals surface area contributed by atoms with E-state index in [4.69, 9.17) is 5.11 Å². The molecule has 0 aromatic rings. The molecule has 0 saturated carbocycles. The van der Waals surface area contributed by atoms with Gasteiger partial charge in [-0.05, 0) is 0 Å². The van der Waals surface area contributed by atoms with Crippen LogP contribution in [0.1, 0.15) is 13.3 Å². The van der Waals surface area contributed by atoms with Crippen LogP contribution >= 0.6 is 22.9 Å². The minimum absolute atomic E-state index is 0.105. The third-order valence-electron chi connectivity index (χ3n) is 1.21. The zero-order valence-corrected chi connectivity index (χ0v) is 8.53. The van der Waals surface area contributed by atoms with Crippen molar-refractivity contribution in [3.05, 3.63) is 0 Å². The Morgan fingerprint density at radius 1 is 1.64 bits per heavy atom. The van der Waals surface area contributed by atoms with Crippen LogP contribution in [-0.4, -0.2) is 27.1 Å². The Balaban J connectivity index is 3.93. The normalized spacial score (nSPS) is 12.3. The van der Waals surface area contributed by atoms with Crippen molar-refractivity contribution in [3.8, 4) is 0 Å². The molecular formula is C6H10INO3. The molecule has 0 rings (SSSR count). The number of rotatable bonds is 3. The molecule has 0 aromatic carbocycles. The molecule has 1 N–H and O–H groups in total. The highest BCUT2D eigenvalue weighted by molar-refractivity contribution is 14.1. The molecule has 0 bridgehead atoms. The number of carboxylic acid groups (broad SMARTS) is 1. The summed E-state index contributed by atoms with van der Waals surface area (Å²) in [5.74, 6) is -1.54. The first kappa shape index (κ1) is 10.7. The third-order valence-corrected chi connectivity index (χ3v) is 1.68. The predicted octanol–water partition coefficient (Wildman–Crippen LogP) is 0.906. The molecule has 0 aliphatic rings. The Morgan fingerprint density at radius 2 is 2.09 bits per heavy atom. The zero-order chi connectivity index (χ0) is 9.02. The Morgan fingerprint density at radius 3 is 2.36 bits per heavy atom. The maximum absolute atomic E-state index is 11.0. The molecule has 4 nitrogen and oxygen atoms in total. The molecule has 0 spiro atoms. The lowest BCUT2D eigenvalue weighted by molar-refractivity contribution is -0.141. The van der Waals surface area contributed by atoms with Gasteiger partial charge >= 0.3 is 5.97 Å². The minimum Gasteiger partial charge on any atom is -0.481 e. The fraction of sp³-hybridized carbons (Fsp3) is 0.667. The van der Waals surface area contributed by atoms with Gasteiger partial charge in [0.15, 0.2) is 0 Å². The minimum atomic E-state index is -0.941. The summed E-state index contributed by atoms with van der Waals surface area (Å²) in [4.78, 5) is 21.2. The number of carbonyl (C=O) groups excluding carboxylic acids is 1. The van der Waals surface area contributed by atoms with E-state index in [1.165, 1.54) is 3.11 Å². The van der Waals surface area contributed by atoms with Gasteiger partial charge in [-0.1, -0.05) is 6.92 Å². The van der Waals surface area contributed by atoms with E-state index in [1.807, 2.05) is 22.9 Å². The highest BCUT2D eigenvalue weighted by atomic mass is 127. The van der Waals surface area contributed by atoms with E-state index in [0.717, 1.165) is 0 Å². The van der Waals surface area contributed by atoms with E-state index in [1.54, 1.807) is 14.0 Å². The van der Waals surface area contributed by atoms with Crippen molar-refractivity contribution < 1.29 is 14.7 Å². The largest absolute Gasteiger partial charge is 0.481 e. The van der Waals surface area contributed by atoms with Crippen molar-refractivity contribution in [2.75, 3.05) is 7.05 Å². The van der Waals surface area contributed by atoms with E-state index < -0.39 is 11.9 Å². The van der Waals surface area contributed by atoms with Crippen molar-refractivity contribution in [2.45, 2.75) is 13.3 Å². The van der Waals surface area contributed by atoms with Gasteiger partial charge < -0.3 is 5.11 Å². The number of amides is 1. The molecule has 0 aliphatic heterocycles. The van der Waals surface area contributed by atoms with Crippen molar-refractivity contribution in [2.24, 2.45) is 5.92 Å². The first-order valence-electron chi connectivity index (χ1n) is 3.10. The smallest absolute Gasteiger partial charge is 0.304 e. The average molecular weight is 271 g/mol. The van der Waals surface area contributed by atoms with Gasteiger partial charge in [0, 0.05) is 13.0 Å². The molecule has 5 heteroatoms. The summed E-state index contributed by atoms with van der Waals surface area (Å²) in [6.45, 7) is 1.60. The van der Waals surface area contributed by atoms with Crippen LogP contribution in [0.5, 0.6) is 0 Å². The number of hydrogen-bond donors (Lipinski definition) is 1. The molecule has 1 atom stereocenters. The van der Waals surface area contributed by atoms with Gasteiger partial charge in [0.2, 0.25) is 5.91 Å². The number of carboxylic acids is 1. The number of halogens is 1. The van der Waals surface area contributed by atoms with Crippen LogP contribution in [0.25, 0.3) is 0 Å². The van der Waals surface area contributed by atoms with Crippen molar-refractivity contribution in [1.82, 2.24) is 3.11 Å². The van der Waals surface area contributed by atoms with Gasteiger partial charge in [-0.25, -0.2) is 0 Å². The van der Waals surface area contributed by atoms with Crippen molar-refractivity contribution in [1.29, 1.82) is 0 Å². The molecule has 64 valence electrons. The maximum atomic E-state index is 11.0. The summed E-state index contributed by atoms with van der Waals surface area (Å²) in [6, 6.07) is 0. The fourth-order valence-electron chi connectivity index (χ4n) is 0.653. The Bertz CT molecular complexity index is 169. The van der Waals surface area contributed by atoms with Gasteiger partial charge in [0.25, 0.3) is 0 Å². The second-order valence-electron chi connectivity index (χ2n) is 2.31. The summed E-state index contributed by atoms with van der Waals surface area (Å²) >= 11 is 1.82. The topological polar surface area (TPSA) is 57.6 Å². The van der Waals surface area contributed by atoms with Gasteiger partial charge in [-0.2, -0.15) is 0 Å². The molecule has 0 heterocycles. The van der Waals surface area contributed by atoms with E-state index in [2.05, 4.69) is 0 Å². The second kappa shape index (κ2) is 4.53. The van der Waals surface area contributed by atoms with E-state index in [-0.39, 0.29) is 12.3 Å². The first-order chi connectivity index (χ1) is 4.95. The van der Waals surface area contributed by atoms with E-state index in [0.29, 0.717) is 0 Å². The highest BCUT2D eigenvalue weighted by Crippen LogP contribution is 2.08. The van der Waals surface area contributed by atoms with Crippen LogP contribution in [0.3, 0.4) is 0 Å². The maximum Gasteiger partial charge on any atom is 0.304 e. The van der Waals surface area contributed by atoms with Gasteiger partial charge in [-0.15, -0.1) is 0 Å². The van der Waals surface area contributed by atoms with E-state index in [9.17, 15) is 9.59 Å². The molecule has 0 aromatic heterocycles. The van der Waals surface area contributed by atoms with Gasteiger partial charge in [0.05, 0.1) is 29.3 Å². The molecule has 11 heavy (non-hydrogen) atoms. The van der Waals surface area contributed by atoms with Gasteiger partial charge in [0.1, 0.15) is 0 Å². The molecular weight excluding hydrogens is 261 g/mol. The summed E-state index contributed by atoms with van der Waals surface area (Å²) < 4.78 is 1.37. The fourth-order valence-corrected chi connectivity index (χ4v) is 1.13. The van der Waals surface area contributed by atoms with Crippen LogP contribution in [0, 0.1) is 5.92 Å². The molecule has 0 saturated heterocycles. The highest BCUT2D eigenvalue weighted by Gasteiger charge is 2.18. The molecule has 1 amide bonds. The Kier molecular flexibility index (Phi) is 4.39. The Labute approximate surface area is 79.1 Å². The number of nitrogens with zero attached hydrogens (tertiary/aromatic N) is 1. The molecule has 0 aliphatic carbocycles. The quantitative estimate of drug-likeness (QED) is 0.613. The standard InChI is InChI=1S/C6H10INO3/c1-4(3-5(9)10)6(11)8(2)7/h4H,3H2,1-2H3,(H,9,10). The van der Waals surface area contributed by atoms with Crippen LogP contribution in [0.4, 0.5) is 0 Å². The number of hydrogen-bond acceptors (Lipinski definition) is 2. The summed E-state index contributed by atoms with van der Waals surface area (Å²) in [6.07, 6.45) is -0.105. The van der Waals surface area contributed by atoms with Crippen molar-refractivity contribution in [3.63, 3.8) is 0 Å². The van der Waals surface area contributed by atoms with Crippen LogP contribution < -0.4 is 0 Å². The van der Waals surface area contributed by atoms with Gasteiger partial charge in [-0.3, -0.25) is 12.7 Å².